The number of hydrogen-bond acceptors (Lipinski definition) is 0. The van der Waals surface area contributed by atoms with Crippen molar-refractivity contribution in [3.8, 4) is 0 Å². The van der Waals surface area contributed by atoms with Gasteiger partial charge in [0.2, 0.25) is 0 Å². The van der Waals surface area contributed by atoms with Gasteiger partial charge in [-0.15, -0.1) is 0 Å². The second kappa shape index (κ2) is 9.47. The Kier molecular flexibility index (Phi) is 6.76. The fourth-order valence-electron chi connectivity index (χ4n) is 6.71. The van der Waals surface area contributed by atoms with Crippen molar-refractivity contribution in [2.75, 3.05) is 0 Å². The van der Waals surface area contributed by atoms with Crippen LogP contribution in [0.25, 0.3) is 6.08 Å². The molecule has 0 bridgehead atoms. The molecule has 3 aliphatic carbocycles. The maximum absolute atomic E-state index is 2.44. The maximum atomic E-state index is 2.44. The molecule has 152 valence electrons. The Labute approximate surface area is 173 Å². The van der Waals surface area contributed by atoms with E-state index in [1.54, 1.807) is 17.5 Å². The van der Waals surface area contributed by atoms with Crippen LogP contribution in [0.3, 0.4) is 0 Å². The average molecular weight is 377 g/mol. The molecule has 0 heteroatoms. The van der Waals surface area contributed by atoms with Crippen molar-refractivity contribution in [1.29, 1.82) is 0 Å². The second-order valence-electron chi connectivity index (χ2n) is 9.95. The van der Waals surface area contributed by atoms with Gasteiger partial charge in [-0.25, -0.2) is 0 Å². The highest BCUT2D eigenvalue weighted by molar-refractivity contribution is 5.52. The van der Waals surface area contributed by atoms with Crippen molar-refractivity contribution >= 4 is 6.08 Å². The number of aryl methyl sites for hydroxylation is 1. The van der Waals surface area contributed by atoms with Crippen LogP contribution < -0.4 is 0 Å². The van der Waals surface area contributed by atoms with Gasteiger partial charge in [0, 0.05) is 0 Å². The Bertz CT molecular complexity index is 694. The van der Waals surface area contributed by atoms with Gasteiger partial charge in [-0.05, 0) is 124 Å². The van der Waals surface area contributed by atoms with Crippen LogP contribution in [-0.4, -0.2) is 0 Å². The normalized spacial score (nSPS) is 33.1. The lowest BCUT2D eigenvalue weighted by molar-refractivity contribution is 0.0699. The van der Waals surface area contributed by atoms with Crippen molar-refractivity contribution in [3.63, 3.8) is 0 Å². The minimum absolute atomic E-state index is 0.952. The first-order chi connectivity index (χ1) is 13.8. The van der Waals surface area contributed by atoms with Crippen molar-refractivity contribution in [3.05, 3.63) is 53.1 Å². The van der Waals surface area contributed by atoms with E-state index in [1.165, 1.54) is 69.8 Å². The summed E-state index contributed by atoms with van der Waals surface area (Å²) in [5, 5.41) is 0. The molecule has 3 unspecified atom stereocenters. The zero-order valence-corrected chi connectivity index (χ0v) is 18.2. The summed E-state index contributed by atoms with van der Waals surface area (Å²) in [5.41, 5.74) is 4.66. The van der Waals surface area contributed by atoms with Crippen LogP contribution >= 0.6 is 0 Å². The van der Waals surface area contributed by atoms with Crippen LogP contribution in [0, 0.1) is 29.6 Å². The molecule has 0 heterocycles. The minimum Gasteiger partial charge on any atom is -0.0917 e. The van der Waals surface area contributed by atoms with E-state index in [1.807, 2.05) is 0 Å². The third-order valence-corrected chi connectivity index (χ3v) is 8.26. The molecule has 5 atom stereocenters. The Balaban J connectivity index is 1.32. The van der Waals surface area contributed by atoms with Gasteiger partial charge < -0.3 is 0 Å². The lowest BCUT2D eigenvalue weighted by Gasteiger charge is -2.45. The molecule has 0 aromatic heterocycles. The van der Waals surface area contributed by atoms with Crippen LogP contribution in [-0.2, 0) is 12.8 Å². The van der Waals surface area contributed by atoms with Gasteiger partial charge in [0.1, 0.15) is 0 Å². The molecule has 0 radical (unpaired) electrons. The first-order valence-electron chi connectivity index (χ1n) is 12.1. The summed E-state index contributed by atoms with van der Waals surface area (Å²) in [4.78, 5) is 0. The molecular formula is C28H40. The predicted octanol–water partition coefficient (Wildman–Crippen LogP) is 8.01. The van der Waals surface area contributed by atoms with Gasteiger partial charge in [-0.1, -0.05) is 48.9 Å². The van der Waals surface area contributed by atoms with Crippen LogP contribution in [0.5, 0.6) is 0 Å². The highest BCUT2D eigenvalue weighted by atomic mass is 14.4. The lowest BCUT2D eigenvalue weighted by atomic mass is 9.61. The number of rotatable bonds is 5. The summed E-state index contributed by atoms with van der Waals surface area (Å²) in [6.07, 6.45) is 25.0. The van der Waals surface area contributed by atoms with E-state index in [4.69, 9.17) is 0 Å². The molecule has 1 aromatic carbocycles. The van der Waals surface area contributed by atoms with Crippen LogP contribution in [0.4, 0.5) is 0 Å². The Morgan fingerprint density at radius 3 is 2.43 bits per heavy atom. The molecule has 0 N–H and O–H groups in total. The molecular weight excluding hydrogens is 336 g/mol. The standard InChI is InChI=1S/C28H40/c1-3-5-6-8-22-10-12-26-20-28(16-14-24(26)18-22)27-15-13-23-17-21(7-4-2)9-11-25(23)19-27/h3-5,7,9,11,17,22,24,26-28H,6,8,10,12-16,18-20H2,1-2H3/b5-3+,7-4+/t22-,24?,26-,27?,28?/m1/s1. The molecule has 0 aliphatic heterocycles. The molecule has 2 fully saturated rings. The SMILES string of the molecule is C/C=C/CC[C@@H]1CC[C@@H]2CC(C3CCc4cc(/C=C/C)ccc4C3)CCC2C1. The summed E-state index contributed by atoms with van der Waals surface area (Å²) in [6.45, 7) is 4.27. The molecule has 0 nitrogen and oxygen atoms in total. The molecule has 0 saturated heterocycles. The van der Waals surface area contributed by atoms with Crippen molar-refractivity contribution in [1.82, 2.24) is 0 Å². The number of hydrogen-bond donors (Lipinski definition) is 0. The zero-order valence-electron chi connectivity index (χ0n) is 18.2. The zero-order chi connectivity index (χ0) is 19.3. The van der Waals surface area contributed by atoms with Crippen LogP contribution in [0.15, 0.2) is 36.4 Å². The lowest BCUT2D eigenvalue weighted by Crippen LogP contribution is -2.35. The fraction of sp³-hybridized carbons (Fsp3) is 0.643. The summed E-state index contributed by atoms with van der Waals surface area (Å²) in [6, 6.07) is 7.20. The second-order valence-corrected chi connectivity index (χ2v) is 9.95. The van der Waals surface area contributed by atoms with Gasteiger partial charge in [0.05, 0.1) is 0 Å². The first-order valence-corrected chi connectivity index (χ1v) is 12.1. The number of allylic oxidation sites excluding steroid dienone is 3. The summed E-state index contributed by atoms with van der Waals surface area (Å²) >= 11 is 0. The van der Waals surface area contributed by atoms with E-state index < -0.39 is 0 Å². The van der Waals surface area contributed by atoms with E-state index in [0.29, 0.717) is 0 Å². The number of benzene rings is 1. The first kappa shape index (κ1) is 20.0. The maximum Gasteiger partial charge on any atom is -0.0245 e. The Hall–Kier alpha value is -1.30. The molecule has 2 saturated carbocycles. The highest BCUT2D eigenvalue weighted by Gasteiger charge is 2.38. The van der Waals surface area contributed by atoms with E-state index in [0.717, 1.165) is 29.6 Å². The predicted molar refractivity (Wildman–Crippen MR) is 122 cm³/mol. The van der Waals surface area contributed by atoms with Gasteiger partial charge in [0.15, 0.2) is 0 Å². The van der Waals surface area contributed by atoms with Gasteiger partial charge >= 0.3 is 0 Å². The fourth-order valence-corrected chi connectivity index (χ4v) is 6.71. The molecule has 4 rings (SSSR count). The summed E-state index contributed by atoms with van der Waals surface area (Å²) in [7, 11) is 0. The molecule has 0 spiro atoms. The van der Waals surface area contributed by atoms with Crippen LogP contribution in [0.2, 0.25) is 0 Å². The minimum atomic E-state index is 0.952. The average Bonchev–Trinajstić information content (AvgIpc) is 2.73. The van der Waals surface area contributed by atoms with Crippen molar-refractivity contribution in [2.45, 2.75) is 84.5 Å². The van der Waals surface area contributed by atoms with E-state index >= 15 is 0 Å². The highest BCUT2D eigenvalue weighted by Crippen LogP contribution is 2.49. The summed E-state index contributed by atoms with van der Waals surface area (Å²) < 4.78 is 0. The molecule has 28 heavy (non-hydrogen) atoms. The van der Waals surface area contributed by atoms with Gasteiger partial charge in [-0.3, -0.25) is 0 Å². The third kappa shape index (κ3) is 4.64. The van der Waals surface area contributed by atoms with Crippen molar-refractivity contribution < 1.29 is 0 Å². The number of fused-ring (bicyclic) bond motifs is 2. The Morgan fingerprint density at radius 2 is 1.61 bits per heavy atom. The Morgan fingerprint density at radius 1 is 0.821 bits per heavy atom. The van der Waals surface area contributed by atoms with Crippen molar-refractivity contribution in [2.24, 2.45) is 29.6 Å². The third-order valence-electron chi connectivity index (χ3n) is 8.26. The molecule has 3 aliphatic rings. The van der Waals surface area contributed by atoms with E-state index in [2.05, 4.69) is 56.4 Å². The van der Waals surface area contributed by atoms with Gasteiger partial charge in [0.25, 0.3) is 0 Å². The largest absolute Gasteiger partial charge is 0.0917 e. The topological polar surface area (TPSA) is 0 Å². The van der Waals surface area contributed by atoms with Crippen LogP contribution in [0.1, 0.15) is 88.3 Å². The smallest absolute Gasteiger partial charge is 0.0245 e. The quantitative estimate of drug-likeness (QED) is 0.456. The monoisotopic (exact) mass is 376 g/mol. The van der Waals surface area contributed by atoms with Gasteiger partial charge in [-0.2, -0.15) is 0 Å². The molecule has 0 amide bonds. The molecule has 1 aromatic rings. The van der Waals surface area contributed by atoms with E-state index in [9.17, 15) is 0 Å². The summed E-state index contributed by atoms with van der Waals surface area (Å²) in [5.74, 6) is 5.08. The van der Waals surface area contributed by atoms with E-state index in [-0.39, 0.29) is 0 Å².